The zero-order valence-corrected chi connectivity index (χ0v) is 18.2. The van der Waals surface area contributed by atoms with Gasteiger partial charge in [0.15, 0.2) is 0 Å². The molecule has 4 nitrogen and oxygen atoms in total. The van der Waals surface area contributed by atoms with Crippen molar-refractivity contribution in [3.63, 3.8) is 0 Å². The first-order chi connectivity index (χ1) is 11.6. The molecule has 5 aliphatic rings. The largest absolute Gasteiger partial charge is 0.469 e. The topological polar surface area (TPSA) is 52.6 Å². The molecule has 0 aromatic rings. The van der Waals surface area contributed by atoms with E-state index in [1.165, 1.54) is 14.2 Å². The Morgan fingerprint density at radius 1 is 0.654 bits per heavy atom. The monoisotopic (exact) mass is 362 g/mol. The summed E-state index contributed by atoms with van der Waals surface area (Å²) in [6.45, 7) is 19.9. The molecule has 0 aliphatic heterocycles. The van der Waals surface area contributed by atoms with Gasteiger partial charge in [-0.15, -0.1) is 0 Å². The summed E-state index contributed by atoms with van der Waals surface area (Å²) in [6, 6.07) is 0. The van der Waals surface area contributed by atoms with E-state index >= 15 is 0 Å². The fourth-order valence-corrected chi connectivity index (χ4v) is 10.4. The van der Waals surface area contributed by atoms with Crippen molar-refractivity contribution in [3.05, 3.63) is 0 Å². The van der Waals surface area contributed by atoms with Crippen LogP contribution in [0.15, 0.2) is 0 Å². The highest BCUT2D eigenvalue weighted by molar-refractivity contribution is 6.10. The smallest absolute Gasteiger partial charge is 0.313 e. The molecule has 0 radical (unpaired) electrons. The van der Waals surface area contributed by atoms with Crippen molar-refractivity contribution in [1.82, 2.24) is 0 Å². The first-order valence-electron chi connectivity index (χ1n) is 9.75. The Morgan fingerprint density at radius 3 is 1.35 bits per heavy atom. The Balaban J connectivity index is 2.09. The van der Waals surface area contributed by atoms with Gasteiger partial charge in [0.25, 0.3) is 0 Å². The molecule has 5 rings (SSSR count). The maximum atomic E-state index is 13.3. The van der Waals surface area contributed by atoms with Gasteiger partial charge in [-0.1, -0.05) is 62.3 Å². The predicted octanol–water partition coefficient (Wildman–Crippen LogP) is 4.07. The quantitative estimate of drug-likeness (QED) is 0.695. The van der Waals surface area contributed by atoms with Crippen LogP contribution in [0.1, 0.15) is 62.3 Å². The third-order valence-electron chi connectivity index (χ3n) is 9.15. The summed E-state index contributed by atoms with van der Waals surface area (Å²) in [4.78, 5) is 26.5. The summed E-state index contributed by atoms with van der Waals surface area (Å²) < 4.78 is 10.8. The molecule has 0 saturated heterocycles. The van der Waals surface area contributed by atoms with E-state index in [0.717, 1.165) is 0 Å². The van der Waals surface area contributed by atoms with Gasteiger partial charge in [0.2, 0.25) is 0 Å². The van der Waals surface area contributed by atoms with E-state index in [9.17, 15) is 9.59 Å². The molecule has 5 saturated carbocycles. The lowest BCUT2D eigenvalue weighted by atomic mass is 9.39. The molecule has 5 fully saturated rings. The molecule has 5 aliphatic carbocycles. The van der Waals surface area contributed by atoms with Crippen molar-refractivity contribution in [3.8, 4) is 0 Å². The van der Waals surface area contributed by atoms with Gasteiger partial charge in [-0.25, -0.2) is 0 Å². The maximum Gasteiger partial charge on any atom is 0.313 e. The molecule has 0 aromatic heterocycles. The number of hydrogen-bond donors (Lipinski definition) is 0. The van der Waals surface area contributed by atoms with E-state index in [2.05, 4.69) is 62.3 Å². The number of carbonyl (C=O) groups is 2. The van der Waals surface area contributed by atoms with Crippen molar-refractivity contribution in [2.24, 2.45) is 49.2 Å². The van der Waals surface area contributed by atoms with Gasteiger partial charge < -0.3 is 9.47 Å². The molecule has 146 valence electrons. The molecule has 0 bridgehead atoms. The van der Waals surface area contributed by atoms with Gasteiger partial charge in [-0.05, 0) is 16.2 Å². The van der Waals surface area contributed by atoms with Crippen molar-refractivity contribution in [1.29, 1.82) is 0 Å². The number of hydrogen-bond acceptors (Lipinski definition) is 4. The summed E-state index contributed by atoms with van der Waals surface area (Å²) in [5.74, 6) is -0.200. The molecule has 6 unspecified atom stereocenters. The highest BCUT2D eigenvalue weighted by atomic mass is 16.5. The average Bonchev–Trinajstić information content (AvgIpc) is 2.98. The number of esters is 2. The van der Waals surface area contributed by atoms with Crippen LogP contribution >= 0.6 is 0 Å². The number of carbonyl (C=O) groups excluding carboxylic acids is 2. The van der Waals surface area contributed by atoms with Crippen LogP contribution in [0, 0.1) is 49.2 Å². The fourth-order valence-electron chi connectivity index (χ4n) is 10.4. The van der Waals surface area contributed by atoms with E-state index in [1.54, 1.807) is 0 Å². The Bertz CT molecular complexity index is 736. The van der Waals surface area contributed by atoms with Crippen molar-refractivity contribution < 1.29 is 19.1 Å². The lowest BCUT2D eigenvalue weighted by Gasteiger charge is -2.62. The van der Waals surface area contributed by atoms with Crippen molar-refractivity contribution in [2.75, 3.05) is 14.2 Å². The first-order valence-corrected chi connectivity index (χ1v) is 9.75. The van der Waals surface area contributed by atoms with Crippen LogP contribution in [0.2, 0.25) is 0 Å². The van der Waals surface area contributed by atoms with Crippen LogP contribution in [-0.2, 0) is 19.1 Å². The summed E-state index contributed by atoms with van der Waals surface area (Å²) in [6.07, 6.45) is 0. The lowest BCUT2D eigenvalue weighted by Crippen LogP contribution is -2.63. The van der Waals surface area contributed by atoms with E-state index in [1.807, 2.05) is 0 Å². The van der Waals surface area contributed by atoms with Crippen LogP contribution in [0.3, 0.4) is 0 Å². The number of ether oxygens (including phenoxy) is 2. The van der Waals surface area contributed by atoms with Crippen LogP contribution in [0.4, 0.5) is 0 Å². The number of methoxy groups -OCH3 is 2. The molecule has 0 spiro atoms. The molecule has 0 N–H and O–H groups in total. The molecule has 6 atom stereocenters. The Hall–Kier alpha value is -1.06. The Morgan fingerprint density at radius 2 is 1.04 bits per heavy atom. The molecule has 26 heavy (non-hydrogen) atoms. The average molecular weight is 363 g/mol. The molecule has 0 amide bonds. The van der Waals surface area contributed by atoms with Gasteiger partial charge in [-0.3, -0.25) is 9.59 Å². The second-order valence-corrected chi connectivity index (χ2v) is 12.1. The summed E-state index contributed by atoms with van der Waals surface area (Å²) in [5.41, 5.74) is -2.34. The van der Waals surface area contributed by atoms with Gasteiger partial charge in [0.05, 0.1) is 25.0 Å². The van der Waals surface area contributed by atoms with Gasteiger partial charge in [0.1, 0.15) is 0 Å². The second kappa shape index (κ2) is 3.75. The Labute approximate surface area is 157 Å². The number of rotatable bonds is 2. The van der Waals surface area contributed by atoms with Crippen LogP contribution in [0.25, 0.3) is 0 Å². The molecule has 0 aromatic carbocycles. The maximum absolute atomic E-state index is 13.3. The predicted molar refractivity (Wildman–Crippen MR) is 98.1 cm³/mol. The SMILES string of the molecule is COC(=O)C12C3C4(C(=O)OC)C1(C(C)(C)C)C4(C(C)(C)C)C32C(C)(C)C. The summed E-state index contributed by atoms with van der Waals surface area (Å²) >= 11 is 0. The molecular weight excluding hydrogens is 328 g/mol. The molecule has 4 heteroatoms. The first kappa shape index (κ1) is 18.3. The minimum absolute atomic E-state index is 0.0425. The van der Waals surface area contributed by atoms with Gasteiger partial charge >= 0.3 is 11.9 Å². The van der Waals surface area contributed by atoms with Gasteiger partial charge in [-0.2, -0.15) is 0 Å². The van der Waals surface area contributed by atoms with Crippen LogP contribution < -0.4 is 0 Å². The highest BCUT2D eigenvalue weighted by Gasteiger charge is 3.38. The Kier molecular flexibility index (Phi) is 2.64. The van der Waals surface area contributed by atoms with E-state index in [4.69, 9.17) is 9.47 Å². The zero-order chi connectivity index (χ0) is 20.1. The fraction of sp³-hybridized carbons (Fsp3) is 0.909. The second-order valence-electron chi connectivity index (χ2n) is 12.1. The third kappa shape index (κ3) is 0.914. The highest BCUT2D eigenvalue weighted by Crippen LogP contribution is 3.33. The summed E-state index contributed by atoms with van der Waals surface area (Å²) in [5, 5.41) is 0. The van der Waals surface area contributed by atoms with Crippen LogP contribution in [-0.4, -0.2) is 26.2 Å². The summed E-state index contributed by atoms with van der Waals surface area (Å²) in [7, 11) is 2.97. The van der Waals surface area contributed by atoms with Gasteiger partial charge in [0, 0.05) is 22.2 Å². The third-order valence-corrected chi connectivity index (χ3v) is 9.15. The minimum atomic E-state index is -0.549. The minimum Gasteiger partial charge on any atom is -0.469 e. The van der Waals surface area contributed by atoms with Crippen molar-refractivity contribution in [2.45, 2.75) is 62.3 Å². The standard InChI is InChI=1S/C22H34O4/c1-15(2,3)20-12-18(20,13(23)25-10)21(16(4,5)6)19(12,14(24)26-11)22(20,21)17(7,8)9/h12H,1-11H3. The van der Waals surface area contributed by atoms with E-state index in [-0.39, 0.29) is 44.9 Å². The van der Waals surface area contributed by atoms with E-state index in [0.29, 0.717) is 0 Å². The van der Waals surface area contributed by atoms with Crippen LogP contribution in [0.5, 0.6) is 0 Å². The normalized spacial score (nSPS) is 50.0. The van der Waals surface area contributed by atoms with Crippen molar-refractivity contribution >= 4 is 11.9 Å². The molecule has 0 heterocycles. The van der Waals surface area contributed by atoms with E-state index < -0.39 is 16.2 Å². The zero-order valence-electron chi connectivity index (χ0n) is 18.2. The lowest BCUT2D eigenvalue weighted by molar-refractivity contribution is -0.203. The molecular formula is C22H34O4.